The minimum Gasteiger partial charge on any atom is -0.461 e. The lowest BCUT2D eigenvalue weighted by Crippen LogP contribution is -2.11. The van der Waals surface area contributed by atoms with Crippen LogP contribution < -0.4 is 9.47 Å². The molecule has 104 valence electrons. The molecule has 0 fully saturated rings. The molecule has 0 saturated heterocycles. The smallest absolute Gasteiger partial charge is 0.348 e. The lowest BCUT2D eigenvalue weighted by molar-refractivity contribution is -0.139. The normalized spacial score (nSPS) is 13.2. The first kappa shape index (κ1) is 13.9. The van der Waals surface area contributed by atoms with Gasteiger partial charge in [-0.2, -0.15) is 5.26 Å². The van der Waals surface area contributed by atoms with Gasteiger partial charge in [-0.05, 0) is 29.7 Å². The number of fused-ring (bicyclic) bond motifs is 1. The highest BCUT2D eigenvalue weighted by atomic mass is 16.7. The molecule has 0 radical (unpaired) electrons. The van der Waals surface area contributed by atoms with Crippen LogP contribution in [0.2, 0.25) is 0 Å². The summed E-state index contributed by atoms with van der Waals surface area (Å²) in [6, 6.07) is 7.06. The van der Waals surface area contributed by atoms with Crippen molar-refractivity contribution in [3.05, 3.63) is 29.3 Å². The predicted octanol–water partition coefficient (Wildman–Crippen LogP) is 2.52. The number of ether oxygens (including phenoxy) is 3. The number of nitriles is 1. The van der Waals surface area contributed by atoms with Gasteiger partial charge in [0, 0.05) is 0 Å². The summed E-state index contributed by atoms with van der Waals surface area (Å²) in [6.45, 7) is 4.34. The van der Waals surface area contributed by atoms with E-state index in [9.17, 15) is 4.79 Å². The number of hydrogen-bond donors (Lipinski definition) is 0. The highest BCUT2D eigenvalue weighted by Gasteiger charge is 2.15. The van der Waals surface area contributed by atoms with E-state index in [1.54, 1.807) is 18.2 Å². The van der Waals surface area contributed by atoms with E-state index in [0.29, 0.717) is 23.7 Å². The molecule has 0 aliphatic carbocycles. The van der Waals surface area contributed by atoms with Crippen molar-refractivity contribution in [1.29, 1.82) is 5.26 Å². The molecule has 0 bridgehead atoms. The fraction of sp³-hybridized carbons (Fsp3) is 0.333. The minimum absolute atomic E-state index is 0.0375. The highest BCUT2D eigenvalue weighted by Crippen LogP contribution is 2.33. The van der Waals surface area contributed by atoms with E-state index in [4.69, 9.17) is 19.5 Å². The summed E-state index contributed by atoms with van der Waals surface area (Å²) < 4.78 is 15.5. The molecule has 1 aromatic rings. The molecule has 2 rings (SSSR count). The van der Waals surface area contributed by atoms with Crippen molar-refractivity contribution >= 4 is 12.0 Å². The summed E-state index contributed by atoms with van der Waals surface area (Å²) in [4.78, 5) is 11.7. The Morgan fingerprint density at radius 1 is 1.45 bits per heavy atom. The maximum absolute atomic E-state index is 11.7. The van der Waals surface area contributed by atoms with Crippen LogP contribution in [0.15, 0.2) is 23.8 Å². The summed E-state index contributed by atoms with van der Waals surface area (Å²) in [6.07, 6.45) is 1.48. The Balaban J connectivity index is 2.14. The van der Waals surface area contributed by atoms with Gasteiger partial charge in [0.15, 0.2) is 11.5 Å². The van der Waals surface area contributed by atoms with Crippen LogP contribution in [0.5, 0.6) is 11.5 Å². The summed E-state index contributed by atoms with van der Waals surface area (Å²) in [5.74, 6) is 0.873. The number of benzene rings is 1. The van der Waals surface area contributed by atoms with Crippen molar-refractivity contribution in [2.24, 2.45) is 5.92 Å². The van der Waals surface area contributed by atoms with Crippen LogP contribution in [-0.2, 0) is 9.53 Å². The Labute approximate surface area is 117 Å². The van der Waals surface area contributed by atoms with Gasteiger partial charge in [0.05, 0.1) is 6.61 Å². The Morgan fingerprint density at radius 3 is 2.90 bits per heavy atom. The van der Waals surface area contributed by atoms with Gasteiger partial charge in [0.1, 0.15) is 11.6 Å². The van der Waals surface area contributed by atoms with E-state index < -0.39 is 5.97 Å². The fourth-order valence-electron chi connectivity index (χ4n) is 1.63. The van der Waals surface area contributed by atoms with Gasteiger partial charge in [-0.3, -0.25) is 0 Å². The molecule has 1 aliphatic rings. The number of hydrogen-bond acceptors (Lipinski definition) is 5. The standard InChI is InChI=1S/C15H15NO4/c1-10(2)8-18-15(17)12(7-16)5-11-3-4-13-14(6-11)20-9-19-13/h3-6,10H,8-9H2,1-2H3/b12-5+. The van der Waals surface area contributed by atoms with Gasteiger partial charge in [-0.15, -0.1) is 0 Å². The first-order valence-corrected chi connectivity index (χ1v) is 6.28. The van der Waals surface area contributed by atoms with Crippen LogP contribution in [0, 0.1) is 17.2 Å². The van der Waals surface area contributed by atoms with E-state index in [1.165, 1.54) is 6.08 Å². The van der Waals surface area contributed by atoms with Gasteiger partial charge in [-0.1, -0.05) is 19.9 Å². The van der Waals surface area contributed by atoms with E-state index in [-0.39, 0.29) is 18.3 Å². The SMILES string of the molecule is CC(C)COC(=O)/C(C#N)=C/c1ccc2c(c1)OCO2. The van der Waals surface area contributed by atoms with Crippen molar-refractivity contribution in [3.8, 4) is 17.6 Å². The van der Waals surface area contributed by atoms with Crippen LogP contribution in [0.3, 0.4) is 0 Å². The summed E-state index contributed by atoms with van der Waals surface area (Å²) >= 11 is 0. The Kier molecular flexibility index (Phi) is 4.26. The third kappa shape index (κ3) is 3.29. The van der Waals surface area contributed by atoms with Gasteiger partial charge >= 0.3 is 5.97 Å². The number of carbonyl (C=O) groups excluding carboxylic acids is 1. The molecule has 0 saturated carbocycles. The van der Waals surface area contributed by atoms with Crippen LogP contribution in [0.1, 0.15) is 19.4 Å². The van der Waals surface area contributed by atoms with Crippen molar-refractivity contribution in [3.63, 3.8) is 0 Å². The van der Waals surface area contributed by atoms with Gasteiger partial charge in [-0.25, -0.2) is 4.79 Å². The number of rotatable bonds is 4. The molecule has 5 nitrogen and oxygen atoms in total. The second-order valence-electron chi connectivity index (χ2n) is 4.77. The zero-order valence-corrected chi connectivity index (χ0v) is 11.4. The lowest BCUT2D eigenvalue weighted by atomic mass is 10.1. The lowest BCUT2D eigenvalue weighted by Gasteiger charge is -2.06. The average Bonchev–Trinajstić information content (AvgIpc) is 2.89. The molecular formula is C15H15NO4. The molecule has 1 aliphatic heterocycles. The zero-order chi connectivity index (χ0) is 14.5. The van der Waals surface area contributed by atoms with Crippen LogP contribution in [0.25, 0.3) is 6.08 Å². The molecule has 20 heavy (non-hydrogen) atoms. The second-order valence-corrected chi connectivity index (χ2v) is 4.77. The first-order valence-electron chi connectivity index (χ1n) is 6.28. The minimum atomic E-state index is -0.612. The molecule has 0 spiro atoms. The van der Waals surface area contributed by atoms with Crippen molar-refractivity contribution < 1.29 is 19.0 Å². The quantitative estimate of drug-likeness (QED) is 0.479. The fourth-order valence-corrected chi connectivity index (χ4v) is 1.63. The van der Waals surface area contributed by atoms with E-state index >= 15 is 0 Å². The molecule has 1 aromatic carbocycles. The molecule has 0 aromatic heterocycles. The molecule has 0 amide bonds. The summed E-state index contributed by atoms with van der Waals surface area (Å²) in [5.41, 5.74) is 0.650. The van der Waals surface area contributed by atoms with Gasteiger partial charge in [0.25, 0.3) is 0 Å². The Bertz CT molecular complexity index is 584. The summed E-state index contributed by atoms with van der Waals surface area (Å²) in [5, 5.41) is 9.04. The highest BCUT2D eigenvalue weighted by molar-refractivity contribution is 5.97. The maximum Gasteiger partial charge on any atom is 0.348 e. The van der Waals surface area contributed by atoms with E-state index in [0.717, 1.165) is 0 Å². The summed E-state index contributed by atoms with van der Waals surface area (Å²) in [7, 11) is 0. The zero-order valence-electron chi connectivity index (χ0n) is 11.4. The predicted molar refractivity (Wildman–Crippen MR) is 72.0 cm³/mol. The van der Waals surface area contributed by atoms with E-state index in [2.05, 4.69) is 0 Å². The number of carbonyl (C=O) groups is 1. The van der Waals surface area contributed by atoms with Crippen LogP contribution in [0.4, 0.5) is 0 Å². The molecular weight excluding hydrogens is 258 g/mol. The van der Waals surface area contributed by atoms with Crippen molar-refractivity contribution in [1.82, 2.24) is 0 Å². The second kappa shape index (κ2) is 6.11. The first-order chi connectivity index (χ1) is 9.60. The van der Waals surface area contributed by atoms with Crippen LogP contribution in [-0.4, -0.2) is 19.4 Å². The molecule has 1 heterocycles. The van der Waals surface area contributed by atoms with Gasteiger partial charge in [0.2, 0.25) is 6.79 Å². The molecule has 5 heteroatoms. The number of esters is 1. The molecule has 0 atom stereocenters. The Hall–Kier alpha value is -2.48. The van der Waals surface area contributed by atoms with E-state index in [1.807, 2.05) is 19.9 Å². The maximum atomic E-state index is 11.7. The topological polar surface area (TPSA) is 68.6 Å². The van der Waals surface area contributed by atoms with Crippen molar-refractivity contribution in [2.45, 2.75) is 13.8 Å². The third-order valence-electron chi connectivity index (χ3n) is 2.60. The number of nitrogens with zero attached hydrogens (tertiary/aromatic N) is 1. The van der Waals surface area contributed by atoms with Crippen LogP contribution >= 0.6 is 0 Å². The molecule has 0 N–H and O–H groups in total. The van der Waals surface area contributed by atoms with Gasteiger partial charge < -0.3 is 14.2 Å². The van der Waals surface area contributed by atoms with Crippen molar-refractivity contribution in [2.75, 3.05) is 13.4 Å². The molecule has 0 unspecified atom stereocenters. The monoisotopic (exact) mass is 273 g/mol. The third-order valence-corrected chi connectivity index (χ3v) is 2.60. The average molecular weight is 273 g/mol. The largest absolute Gasteiger partial charge is 0.461 e. The Morgan fingerprint density at radius 2 is 2.20 bits per heavy atom.